The van der Waals surface area contributed by atoms with E-state index in [0.29, 0.717) is 21.8 Å². The van der Waals surface area contributed by atoms with Crippen molar-refractivity contribution in [2.24, 2.45) is 0 Å². The minimum atomic E-state index is -0.476. The molecule has 7 nitrogen and oxygen atoms in total. The Labute approximate surface area is 265 Å². The lowest BCUT2D eigenvalue weighted by molar-refractivity contribution is -0.115. The number of rotatable bonds is 9. The number of anilines is 2. The van der Waals surface area contributed by atoms with E-state index in [-0.39, 0.29) is 11.6 Å². The molecule has 1 unspecified atom stereocenters. The summed E-state index contributed by atoms with van der Waals surface area (Å²) in [4.78, 5) is 41.6. The molecule has 1 aromatic heterocycles. The maximum atomic E-state index is 13.5. The summed E-state index contributed by atoms with van der Waals surface area (Å²) in [6, 6.07) is 25.8. The second kappa shape index (κ2) is 14.2. The summed E-state index contributed by atoms with van der Waals surface area (Å²) < 4.78 is 0. The van der Waals surface area contributed by atoms with Gasteiger partial charge >= 0.3 is 0 Å². The van der Waals surface area contributed by atoms with E-state index >= 15 is 0 Å². The van der Waals surface area contributed by atoms with Crippen molar-refractivity contribution in [2.45, 2.75) is 49.7 Å². The number of carbonyl (C=O) groups is 3. The van der Waals surface area contributed by atoms with Gasteiger partial charge < -0.3 is 16.0 Å². The average Bonchev–Trinajstić information content (AvgIpc) is 3.39. The molecule has 3 amide bonds. The van der Waals surface area contributed by atoms with Gasteiger partial charge in [-0.15, -0.1) is 23.1 Å². The Kier molecular flexibility index (Phi) is 9.95. The third-order valence-electron chi connectivity index (χ3n) is 7.31. The van der Waals surface area contributed by atoms with Crippen molar-refractivity contribution >= 4 is 57.6 Å². The standard InChI is InChI=1S/C35H32N4O3S2/c1-22-11-6-7-14-25(22)19-30(38-33(41)24-12-4-3-5-13-24)34(42)37-26-15-10-16-27(20-26)43-23(2)32(40)39-35-29(21-36)28-17-8-9-18-31(28)44-35/h3-7,10-16,19-20,23H,8-9,17-18H2,1-2H3,(H,37,42)(H,38,41)(H,39,40)/b30-19-. The maximum Gasteiger partial charge on any atom is 0.272 e. The number of nitrogens with one attached hydrogen (secondary N) is 3. The number of aryl methyl sites for hydroxylation is 2. The Bertz CT molecular complexity index is 1770. The molecule has 4 aromatic rings. The number of hydrogen-bond acceptors (Lipinski definition) is 6. The van der Waals surface area contributed by atoms with Crippen LogP contribution in [0.1, 0.15) is 57.3 Å². The van der Waals surface area contributed by atoms with Crippen LogP contribution in [0.25, 0.3) is 6.08 Å². The van der Waals surface area contributed by atoms with E-state index in [1.165, 1.54) is 28.0 Å². The van der Waals surface area contributed by atoms with Crippen molar-refractivity contribution in [1.82, 2.24) is 5.32 Å². The largest absolute Gasteiger partial charge is 0.321 e. The quantitative estimate of drug-likeness (QED) is 0.134. The molecule has 0 bridgehead atoms. The summed E-state index contributed by atoms with van der Waals surface area (Å²) in [7, 11) is 0. The van der Waals surface area contributed by atoms with E-state index in [4.69, 9.17) is 0 Å². The van der Waals surface area contributed by atoms with Crippen LogP contribution in [0.5, 0.6) is 0 Å². The monoisotopic (exact) mass is 620 g/mol. The molecule has 222 valence electrons. The molecule has 3 N–H and O–H groups in total. The maximum absolute atomic E-state index is 13.5. The summed E-state index contributed by atoms with van der Waals surface area (Å²) in [5, 5.41) is 18.6. The lowest BCUT2D eigenvalue weighted by Gasteiger charge is -2.14. The fourth-order valence-electron chi connectivity index (χ4n) is 4.94. The Hall–Kier alpha value is -4.65. The number of hydrogen-bond donors (Lipinski definition) is 3. The van der Waals surface area contributed by atoms with E-state index in [9.17, 15) is 19.6 Å². The first kappa shape index (κ1) is 30.8. The van der Waals surface area contributed by atoms with Gasteiger partial charge in [-0.25, -0.2) is 0 Å². The van der Waals surface area contributed by atoms with Crippen molar-refractivity contribution in [3.63, 3.8) is 0 Å². The lowest BCUT2D eigenvalue weighted by atomic mass is 9.96. The predicted molar refractivity (Wildman–Crippen MR) is 178 cm³/mol. The molecular formula is C35H32N4O3S2. The highest BCUT2D eigenvalue weighted by molar-refractivity contribution is 8.00. The van der Waals surface area contributed by atoms with Crippen molar-refractivity contribution in [2.75, 3.05) is 10.6 Å². The van der Waals surface area contributed by atoms with Crippen molar-refractivity contribution in [3.8, 4) is 6.07 Å². The number of nitriles is 1. The van der Waals surface area contributed by atoms with E-state index in [2.05, 4.69) is 22.0 Å². The van der Waals surface area contributed by atoms with Gasteiger partial charge in [0.25, 0.3) is 11.8 Å². The molecule has 0 aliphatic heterocycles. The van der Waals surface area contributed by atoms with Crippen LogP contribution in [0.15, 0.2) is 89.5 Å². The van der Waals surface area contributed by atoms with Gasteiger partial charge in [0.1, 0.15) is 16.8 Å². The number of benzene rings is 3. The predicted octanol–water partition coefficient (Wildman–Crippen LogP) is 7.34. The molecule has 0 radical (unpaired) electrons. The molecule has 0 spiro atoms. The zero-order valence-corrected chi connectivity index (χ0v) is 26.1. The second-order valence-corrected chi connectivity index (χ2v) is 13.0. The Morgan fingerprint density at radius 1 is 0.955 bits per heavy atom. The molecular weight excluding hydrogens is 589 g/mol. The average molecular weight is 621 g/mol. The molecule has 44 heavy (non-hydrogen) atoms. The Balaban J connectivity index is 1.29. The zero-order chi connectivity index (χ0) is 31.1. The van der Waals surface area contributed by atoms with Crippen molar-refractivity contribution < 1.29 is 14.4 Å². The number of thioether (sulfide) groups is 1. The molecule has 1 aliphatic rings. The van der Waals surface area contributed by atoms with Gasteiger partial charge in [-0.3, -0.25) is 14.4 Å². The van der Waals surface area contributed by atoms with Gasteiger partial charge in [-0.1, -0.05) is 48.5 Å². The highest BCUT2D eigenvalue weighted by atomic mass is 32.2. The zero-order valence-electron chi connectivity index (χ0n) is 24.5. The number of nitrogens with zero attached hydrogens (tertiary/aromatic N) is 1. The molecule has 1 heterocycles. The topological polar surface area (TPSA) is 111 Å². The molecule has 5 rings (SSSR count). The van der Waals surface area contributed by atoms with Crippen LogP contribution >= 0.6 is 23.1 Å². The van der Waals surface area contributed by atoms with Gasteiger partial charge in [-0.05, 0) is 92.6 Å². The van der Waals surface area contributed by atoms with Gasteiger partial charge in [0, 0.05) is 21.0 Å². The lowest BCUT2D eigenvalue weighted by Crippen LogP contribution is -2.30. The number of amides is 3. The number of carbonyl (C=O) groups excluding carboxylic acids is 3. The van der Waals surface area contributed by atoms with Crippen LogP contribution in [0.4, 0.5) is 10.7 Å². The third-order valence-corrected chi connectivity index (χ3v) is 9.61. The molecule has 0 saturated carbocycles. The smallest absolute Gasteiger partial charge is 0.272 e. The van der Waals surface area contributed by atoms with Crippen LogP contribution in [0.2, 0.25) is 0 Å². The first-order chi connectivity index (χ1) is 21.3. The number of thiophene rings is 1. The molecule has 0 saturated heterocycles. The summed E-state index contributed by atoms with van der Waals surface area (Å²) in [5.41, 5.74) is 4.50. The summed E-state index contributed by atoms with van der Waals surface area (Å²) in [6.45, 7) is 3.75. The Morgan fingerprint density at radius 2 is 1.70 bits per heavy atom. The van der Waals surface area contributed by atoms with Crippen molar-refractivity contribution in [1.29, 1.82) is 5.26 Å². The third kappa shape index (κ3) is 7.46. The van der Waals surface area contributed by atoms with Gasteiger partial charge in [0.2, 0.25) is 5.91 Å². The minimum Gasteiger partial charge on any atom is -0.321 e. The highest BCUT2D eigenvalue weighted by Gasteiger charge is 2.24. The van der Waals surface area contributed by atoms with Crippen LogP contribution in [0.3, 0.4) is 0 Å². The normalized spacial score (nSPS) is 13.2. The SMILES string of the molecule is Cc1ccccc1/C=C(\NC(=O)c1ccccc1)C(=O)Nc1cccc(SC(C)C(=O)Nc2sc3c(c2C#N)CCCC3)c1. The van der Waals surface area contributed by atoms with E-state index in [1.54, 1.807) is 48.5 Å². The van der Waals surface area contributed by atoms with E-state index in [1.807, 2.05) is 50.2 Å². The van der Waals surface area contributed by atoms with Crippen LogP contribution in [-0.4, -0.2) is 23.0 Å². The van der Waals surface area contributed by atoms with E-state index in [0.717, 1.165) is 47.3 Å². The molecule has 1 aliphatic carbocycles. The second-order valence-electron chi connectivity index (χ2n) is 10.5. The Morgan fingerprint density at radius 3 is 2.48 bits per heavy atom. The fraction of sp³-hybridized carbons (Fsp3) is 0.200. The van der Waals surface area contributed by atoms with Crippen LogP contribution < -0.4 is 16.0 Å². The fourth-order valence-corrected chi connectivity index (χ4v) is 7.10. The molecule has 0 fully saturated rings. The molecule has 3 aromatic carbocycles. The van der Waals surface area contributed by atoms with Crippen LogP contribution in [0, 0.1) is 18.3 Å². The highest BCUT2D eigenvalue weighted by Crippen LogP contribution is 2.38. The summed E-state index contributed by atoms with van der Waals surface area (Å²) in [6.07, 6.45) is 5.66. The van der Waals surface area contributed by atoms with Gasteiger partial charge in [-0.2, -0.15) is 5.26 Å². The number of fused-ring (bicyclic) bond motifs is 1. The summed E-state index contributed by atoms with van der Waals surface area (Å²) >= 11 is 2.86. The summed E-state index contributed by atoms with van der Waals surface area (Å²) in [5.74, 6) is -1.06. The molecule has 9 heteroatoms. The first-order valence-electron chi connectivity index (χ1n) is 14.4. The van der Waals surface area contributed by atoms with Gasteiger partial charge in [0.05, 0.1) is 10.8 Å². The van der Waals surface area contributed by atoms with Gasteiger partial charge in [0.15, 0.2) is 0 Å². The van der Waals surface area contributed by atoms with E-state index < -0.39 is 17.1 Å². The molecule has 1 atom stereocenters. The first-order valence-corrected chi connectivity index (χ1v) is 16.1. The van der Waals surface area contributed by atoms with Crippen LogP contribution in [-0.2, 0) is 22.4 Å². The van der Waals surface area contributed by atoms with Crippen molar-refractivity contribution in [3.05, 3.63) is 117 Å². The minimum absolute atomic E-state index is 0.103.